The second-order valence-corrected chi connectivity index (χ2v) is 9.00. The number of hydrogen-bond acceptors (Lipinski definition) is 6. The molecule has 1 aromatic heterocycles. The van der Waals surface area contributed by atoms with Gasteiger partial charge in [0.05, 0.1) is 18.5 Å². The second kappa shape index (κ2) is 6.95. The van der Waals surface area contributed by atoms with E-state index in [9.17, 15) is 4.79 Å². The highest BCUT2D eigenvalue weighted by molar-refractivity contribution is 8.00. The highest BCUT2D eigenvalue weighted by Gasteiger charge is 2.49. The Morgan fingerprint density at radius 2 is 1.93 bits per heavy atom. The first-order valence-electron chi connectivity index (χ1n) is 8.88. The van der Waals surface area contributed by atoms with Gasteiger partial charge < -0.3 is 14.2 Å². The fourth-order valence-corrected chi connectivity index (χ4v) is 6.40. The number of carbonyl (C=O) groups is 1. The van der Waals surface area contributed by atoms with Crippen LogP contribution in [-0.4, -0.2) is 42.7 Å². The fourth-order valence-electron chi connectivity index (χ4n) is 3.81. The molecule has 6 heteroatoms. The summed E-state index contributed by atoms with van der Waals surface area (Å²) >= 11 is 3.62. The maximum atomic E-state index is 11.5. The van der Waals surface area contributed by atoms with E-state index in [1.54, 1.807) is 11.8 Å². The molecule has 2 aliphatic rings. The van der Waals surface area contributed by atoms with Crippen LogP contribution in [0.15, 0.2) is 60.0 Å². The Labute approximate surface area is 165 Å². The molecule has 4 atom stereocenters. The minimum absolute atomic E-state index is 0.0674. The maximum Gasteiger partial charge on any atom is 0.330 e. The van der Waals surface area contributed by atoms with Gasteiger partial charge in [-0.1, -0.05) is 36.9 Å². The zero-order chi connectivity index (χ0) is 18.4. The quantitative estimate of drug-likeness (QED) is 0.481. The number of benzene rings is 2. The van der Waals surface area contributed by atoms with Crippen LogP contribution in [0, 0.1) is 0 Å². The number of thiophene rings is 1. The molecule has 2 fully saturated rings. The van der Waals surface area contributed by atoms with E-state index in [1.165, 1.54) is 31.1 Å². The molecule has 3 heterocycles. The van der Waals surface area contributed by atoms with Gasteiger partial charge in [-0.05, 0) is 12.1 Å². The molecule has 4 nitrogen and oxygen atoms in total. The highest BCUT2D eigenvalue weighted by atomic mass is 32.2. The molecular weight excluding hydrogens is 380 g/mol. The van der Waals surface area contributed by atoms with E-state index in [0.717, 1.165) is 0 Å². The Morgan fingerprint density at radius 1 is 1.11 bits per heavy atom. The van der Waals surface area contributed by atoms with Gasteiger partial charge in [0.1, 0.15) is 12.2 Å². The van der Waals surface area contributed by atoms with Crippen molar-refractivity contribution in [2.24, 2.45) is 0 Å². The summed E-state index contributed by atoms with van der Waals surface area (Å²) in [6, 6.07) is 15.0. The van der Waals surface area contributed by atoms with Crippen LogP contribution in [0.4, 0.5) is 0 Å². The molecule has 5 rings (SSSR count). The van der Waals surface area contributed by atoms with Gasteiger partial charge >= 0.3 is 5.97 Å². The molecule has 0 saturated carbocycles. The molecule has 0 amide bonds. The van der Waals surface area contributed by atoms with Crippen molar-refractivity contribution in [2.75, 3.05) is 13.2 Å². The summed E-state index contributed by atoms with van der Waals surface area (Å²) in [6.07, 6.45) is 0.554. The van der Waals surface area contributed by atoms with Gasteiger partial charge in [-0.3, -0.25) is 0 Å². The lowest BCUT2D eigenvalue weighted by Gasteiger charge is -2.16. The monoisotopic (exact) mass is 398 g/mol. The van der Waals surface area contributed by atoms with Gasteiger partial charge in [-0.2, -0.15) is 0 Å². The lowest BCUT2D eigenvalue weighted by molar-refractivity contribution is -0.147. The van der Waals surface area contributed by atoms with Gasteiger partial charge in [0, 0.05) is 31.1 Å². The summed E-state index contributed by atoms with van der Waals surface area (Å²) in [4.78, 5) is 12.8. The van der Waals surface area contributed by atoms with Crippen LogP contribution in [0.3, 0.4) is 0 Å². The summed E-state index contributed by atoms with van der Waals surface area (Å²) in [7, 11) is 0. The third kappa shape index (κ3) is 2.97. The summed E-state index contributed by atoms with van der Waals surface area (Å²) in [6.45, 7) is 4.41. The van der Waals surface area contributed by atoms with E-state index >= 15 is 0 Å². The van der Waals surface area contributed by atoms with Crippen molar-refractivity contribution in [1.82, 2.24) is 0 Å². The average molecular weight is 399 g/mol. The molecule has 138 valence electrons. The van der Waals surface area contributed by atoms with Crippen LogP contribution < -0.4 is 0 Å². The van der Waals surface area contributed by atoms with Gasteiger partial charge in [-0.25, -0.2) is 4.79 Å². The topological polar surface area (TPSA) is 44.8 Å². The predicted octanol–water partition coefficient (Wildman–Crippen LogP) is 4.41. The first-order chi connectivity index (χ1) is 13.2. The molecule has 2 saturated heterocycles. The molecule has 0 radical (unpaired) electrons. The Balaban J connectivity index is 1.40. The third-order valence-corrected chi connectivity index (χ3v) is 7.69. The van der Waals surface area contributed by atoms with Crippen LogP contribution >= 0.6 is 23.1 Å². The van der Waals surface area contributed by atoms with Crippen molar-refractivity contribution in [3.8, 4) is 0 Å². The van der Waals surface area contributed by atoms with E-state index in [-0.39, 0.29) is 23.6 Å². The number of thioether (sulfide) groups is 1. The van der Waals surface area contributed by atoms with E-state index in [4.69, 9.17) is 14.2 Å². The zero-order valence-corrected chi connectivity index (χ0v) is 16.1. The van der Waals surface area contributed by atoms with Crippen LogP contribution in [0.25, 0.3) is 20.2 Å². The summed E-state index contributed by atoms with van der Waals surface area (Å²) in [5.74, 6) is -0.431. The van der Waals surface area contributed by atoms with Crippen LogP contribution in [0.2, 0.25) is 0 Å². The van der Waals surface area contributed by atoms with Gasteiger partial charge in [0.15, 0.2) is 6.10 Å². The van der Waals surface area contributed by atoms with E-state index in [0.29, 0.717) is 13.2 Å². The molecule has 0 bridgehead atoms. The Bertz CT molecular complexity index is 1030. The lowest BCUT2D eigenvalue weighted by Crippen LogP contribution is -2.33. The molecule has 2 aromatic carbocycles. The van der Waals surface area contributed by atoms with Crippen molar-refractivity contribution in [1.29, 1.82) is 0 Å². The Morgan fingerprint density at radius 3 is 2.81 bits per heavy atom. The summed E-state index contributed by atoms with van der Waals surface area (Å²) in [5, 5.41) is 2.77. The normalized spacial score (nSPS) is 27.1. The average Bonchev–Trinajstić information content (AvgIpc) is 3.37. The van der Waals surface area contributed by atoms with Crippen molar-refractivity contribution >= 4 is 49.2 Å². The molecule has 3 aromatic rings. The molecule has 4 unspecified atom stereocenters. The molecule has 2 aliphatic heterocycles. The van der Waals surface area contributed by atoms with Crippen molar-refractivity contribution in [2.45, 2.75) is 28.5 Å². The fraction of sp³-hybridized carbons (Fsp3) is 0.286. The number of fused-ring (bicyclic) bond motifs is 4. The van der Waals surface area contributed by atoms with Crippen LogP contribution in [-0.2, 0) is 19.0 Å². The zero-order valence-electron chi connectivity index (χ0n) is 14.5. The number of esters is 1. The van der Waals surface area contributed by atoms with Crippen LogP contribution in [0.1, 0.15) is 0 Å². The minimum atomic E-state index is -0.431. The smallest absolute Gasteiger partial charge is 0.330 e. The van der Waals surface area contributed by atoms with Gasteiger partial charge in [0.2, 0.25) is 0 Å². The summed E-state index contributed by atoms with van der Waals surface area (Å²) < 4.78 is 19.8. The van der Waals surface area contributed by atoms with E-state index < -0.39 is 5.97 Å². The van der Waals surface area contributed by atoms with Crippen molar-refractivity contribution in [3.05, 3.63) is 55.1 Å². The standard InChI is InChI=1S/C21H18O4S2/c1-2-18(22)25-14-10-23-20-17(11-24-19(14)20)26-16-9-5-7-13-12-6-3-4-8-15(12)27-21(13)16/h2-9,14,17,19-20H,1,10-11H2. The SMILES string of the molecule is C=CC(=O)OC1COC2C(Sc3cccc4c3sc3ccccc34)COC12. The first kappa shape index (κ1) is 17.3. The van der Waals surface area contributed by atoms with E-state index in [2.05, 4.69) is 49.0 Å². The largest absolute Gasteiger partial charge is 0.454 e. The van der Waals surface area contributed by atoms with Crippen molar-refractivity contribution in [3.63, 3.8) is 0 Å². The Hall–Kier alpha value is -1.86. The highest BCUT2D eigenvalue weighted by Crippen LogP contribution is 2.44. The van der Waals surface area contributed by atoms with E-state index in [1.807, 2.05) is 11.3 Å². The molecular formula is C21H18O4S2. The van der Waals surface area contributed by atoms with Crippen LogP contribution in [0.5, 0.6) is 0 Å². The summed E-state index contributed by atoms with van der Waals surface area (Å²) in [5.41, 5.74) is 0. The second-order valence-electron chi connectivity index (χ2n) is 6.66. The van der Waals surface area contributed by atoms with Gasteiger partial charge in [0.25, 0.3) is 0 Å². The predicted molar refractivity (Wildman–Crippen MR) is 109 cm³/mol. The lowest BCUT2D eigenvalue weighted by atomic mass is 10.1. The number of rotatable bonds is 4. The molecule has 27 heavy (non-hydrogen) atoms. The number of ether oxygens (including phenoxy) is 3. The number of carbonyl (C=O) groups excluding carboxylic acids is 1. The first-order valence-corrected chi connectivity index (χ1v) is 10.6. The third-order valence-electron chi connectivity index (χ3n) is 5.04. The molecule has 0 aliphatic carbocycles. The van der Waals surface area contributed by atoms with Gasteiger partial charge in [-0.15, -0.1) is 23.1 Å². The molecule has 0 spiro atoms. The molecule has 0 N–H and O–H groups in total. The van der Waals surface area contributed by atoms with Crippen molar-refractivity contribution < 1.29 is 19.0 Å². The minimum Gasteiger partial charge on any atom is -0.454 e. The number of hydrogen-bond donors (Lipinski definition) is 0. The maximum absolute atomic E-state index is 11.5. The Kier molecular flexibility index (Phi) is 4.44.